The number of hydrogen-bond acceptors (Lipinski definition) is 9. The first-order valence-corrected chi connectivity index (χ1v) is 15.2. The van der Waals surface area contributed by atoms with E-state index in [1.807, 2.05) is 30.3 Å². The van der Waals surface area contributed by atoms with Crippen LogP contribution in [0.3, 0.4) is 0 Å². The Hall–Kier alpha value is -5.29. The Morgan fingerprint density at radius 2 is 1.61 bits per heavy atom. The van der Waals surface area contributed by atoms with Crippen molar-refractivity contribution in [2.45, 2.75) is 25.5 Å². The third kappa shape index (κ3) is 7.16. The van der Waals surface area contributed by atoms with Crippen molar-refractivity contribution in [3.05, 3.63) is 107 Å². The minimum absolute atomic E-state index is 0.0295. The topological polar surface area (TPSA) is 113 Å². The molecule has 11 heteroatoms. The number of esters is 1. The van der Waals surface area contributed by atoms with E-state index in [1.54, 1.807) is 29.6 Å². The van der Waals surface area contributed by atoms with Crippen LogP contribution >= 0.6 is 11.3 Å². The first-order chi connectivity index (χ1) is 22.3. The van der Waals surface area contributed by atoms with Crippen LogP contribution in [0.1, 0.15) is 39.3 Å². The molecule has 0 aliphatic heterocycles. The number of amides is 1. The molecule has 1 unspecified atom stereocenters. The highest BCUT2D eigenvalue weighted by Crippen LogP contribution is 2.38. The molecule has 2 aromatic heterocycles. The first kappa shape index (κ1) is 32.1. The summed E-state index contributed by atoms with van der Waals surface area (Å²) in [5, 5.41) is 5.14. The second-order valence-electron chi connectivity index (χ2n) is 10.2. The molecule has 1 atom stereocenters. The van der Waals surface area contributed by atoms with Crippen LogP contribution in [0.5, 0.6) is 17.2 Å². The molecule has 236 valence electrons. The predicted molar refractivity (Wildman–Crippen MR) is 172 cm³/mol. The number of nitrogens with zero attached hydrogens (tertiary/aromatic N) is 1. The highest BCUT2D eigenvalue weighted by Gasteiger charge is 2.27. The fourth-order valence-electron chi connectivity index (χ4n) is 4.89. The van der Waals surface area contributed by atoms with Crippen molar-refractivity contribution >= 4 is 39.1 Å². The van der Waals surface area contributed by atoms with Crippen LogP contribution in [0.4, 0.5) is 4.39 Å². The summed E-state index contributed by atoms with van der Waals surface area (Å²) < 4.78 is 36.4. The lowest BCUT2D eigenvalue weighted by Gasteiger charge is -2.19. The van der Waals surface area contributed by atoms with E-state index in [0.717, 1.165) is 5.56 Å². The standard InChI is InChI=1S/C35H31FN2O7S/c1-42-28-15-12-22(18-30(28)44-3)35(41)38-27(14-17-31(39)45-19-21-8-5-4-6-9-21)33(40)26-13-16-29(43-2)32(37-26)24-20-46-34-23(24)10-7-11-25(34)36/h4-13,15-16,18,20,27H,14,17,19H2,1-3H3,(H,38,41). The number of fused-ring (bicyclic) bond motifs is 1. The molecule has 5 rings (SSSR count). The van der Waals surface area contributed by atoms with Gasteiger partial charge in [0.15, 0.2) is 11.5 Å². The Bertz CT molecular complexity index is 1880. The fourth-order valence-corrected chi connectivity index (χ4v) is 5.85. The van der Waals surface area contributed by atoms with Gasteiger partial charge in [0.25, 0.3) is 5.91 Å². The molecule has 0 fully saturated rings. The summed E-state index contributed by atoms with van der Waals surface area (Å²) in [6, 6.07) is 20.5. The first-order valence-electron chi connectivity index (χ1n) is 14.3. The molecule has 2 heterocycles. The highest BCUT2D eigenvalue weighted by atomic mass is 32.1. The number of benzene rings is 3. The molecule has 0 radical (unpaired) electrons. The number of aromatic nitrogens is 1. The molecule has 0 spiro atoms. The number of rotatable bonds is 13. The highest BCUT2D eigenvalue weighted by molar-refractivity contribution is 7.17. The number of methoxy groups -OCH3 is 3. The van der Waals surface area contributed by atoms with Crippen molar-refractivity contribution in [3.8, 4) is 28.5 Å². The van der Waals surface area contributed by atoms with Crippen molar-refractivity contribution in [1.29, 1.82) is 0 Å². The molecule has 1 N–H and O–H groups in total. The van der Waals surface area contributed by atoms with Crippen molar-refractivity contribution in [1.82, 2.24) is 10.3 Å². The lowest BCUT2D eigenvalue weighted by Crippen LogP contribution is -2.41. The summed E-state index contributed by atoms with van der Waals surface area (Å²) in [5.74, 6) is -0.832. The van der Waals surface area contributed by atoms with Gasteiger partial charge in [-0.05, 0) is 48.4 Å². The molecular weight excluding hydrogens is 611 g/mol. The third-order valence-corrected chi connectivity index (χ3v) is 8.29. The number of ether oxygens (including phenoxy) is 4. The SMILES string of the molecule is COc1ccc(C(=O)NC(CCC(=O)OCc2ccccc2)C(=O)c2ccc(OC)c(-c3csc4c(F)cccc34)n2)cc1OC. The Kier molecular flexibility index (Phi) is 10.2. The number of hydrogen-bond donors (Lipinski definition) is 1. The normalized spacial score (nSPS) is 11.5. The Morgan fingerprint density at radius 3 is 2.35 bits per heavy atom. The van der Waals surface area contributed by atoms with Crippen LogP contribution in [0.2, 0.25) is 0 Å². The maximum Gasteiger partial charge on any atom is 0.306 e. The number of halogens is 1. The molecule has 46 heavy (non-hydrogen) atoms. The molecule has 9 nitrogen and oxygen atoms in total. The number of Topliss-reactive ketones (excluding diaryl/α,β-unsaturated/α-hetero) is 1. The molecule has 0 aliphatic carbocycles. The number of nitrogens with one attached hydrogen (secondary N) is 1. The summed E-state index contributed by atoms with van der Waals surface area (Å²) in [7, 11) is 4.41. The van der Waals surface area contributed by atoms with Gasteiger partial charge in [-0.25, -0.2) is 9.37 Å². The molecule has 3 aromatic carbocycles. The van der Waals surface area contributed by atoms with Gasteiger partial charge in [-0.1, -0.05) is 42.5 Å². The lowest BCUT2D eigenvalue weighted by molar-refractivity contribution is -0.145. The molecule has 0 saturated heterocycles. The van der Waals surface area contributed by atoms with Crippen molar-refractivity contribution in [2.24, 2.45) is 0 Å². The molecular formula is C35H31FN2O7S. The molecule has 0 saturated carbocycles. The Labute approximate surface area is 268 Å². The van der Waals surface area contributed by atoms with Crippen LogP contribution in [0, 0.1) is 5.82 Å². The Morgan fingerprint density at radius 1 is 0.870 bits per heavy atom. The van der Waals surface area contributed by atoms with Gasteiger partial charge in [-0.2, -0.15) is 0 Å². The molecule has 5 aromatic rings. The van der Waals surface area contributed by atoms with E-state index in [1.165, 1.54) is 56.9 Å². The van der Waals surface area contributed by atoms with Gasteiger partial charge in [0.1, 0.15) is 29.6 Å². The number of thiophene rings is 1. The predicted octanol–water partition coefficient (Wildman–Crippen LogP) is 6.63. The monoisotopic (exact) mass is 642 g/mol. The average Bonchev–Trinajstić information content (AvgIpc) is 3.54. The van der Waals surface area contributed by atoms with E-state index in [2.05, 4.69) is 10.3 Å². The quantitative estimate of drug-likeness (QED) is 0.112. The summed E-state index contributed by atoms with van der Waals surface area (Å²) in [6.07, 6.45) is -0.200. The molecule has 0 bridgehead atoms. The van der Waals surface area contributed by atoms with Gasteiger partial charge in [0, 0.05) is 28.3 Å². The van der Waals surface area contributed by atoms with Crippen molar-refractivity contribution < 1.29 is 37.7 Å². The smallest absolute Gasteiger partial charge is 0.306 e. The van der Waals surface area contributed by atoms with Gasteiger partial charge in [0.2, 0.25) is 5.78 Å². The van der Waals surface area contributed by atoms with Gasteiger partial charge >= 0.3 is 5.97 Å². The third-order valence-electron chi connectivity index (χ3n) is 7.28. The van der Waals surface area contributed by atoms with Gasteiger partial charge in [-0.15, -0.1) is 11.3 Å². The summed E-state index contributed by atoms with van der Waals surface area (Å²) in [5.41, 5.74) is 2.01. The lowest BCUT2D eigenvalue weighted by atomic mass is 10.0. The van der Waals surface area contributed by atoms with E-state index >= 15 is 0 Å². The number of carbonyl (C=O) groups excluding carboxylic acids is 3. The van der Waals surface area contributed by atoms with Crippen LogP contribution in [-0.4, -0.2) is 50.0 Å². The van der Waals surface area contributed by atoms with Gasteiger partial charge in [-0.3, -0.25) is 14.4 Å². The number of pyridine rings is 1. The summed E-state index contributed by atoms with van der Waals surface area (Å²) in [6.45, 7) is 0.0782. The van der Waals surface area contributed by atoms with E-state index in [9.17, 15) is 18.8 Å². The van der Waals surface area contributed by atoms with Crippen molar-refractivity contribution in [3.63, 3.8) is 0 Å². The van der Waals surface area contributed by atoms with Crippen LogP contribution in [0.15, 0.2) is 84.2 Å². The second kappa shape index (κ2) is 14.7. The van der Waals surface area contributed by atoms with Crippen LogP contribution in [-0.2, 0) is 16.1 Å². The number of carbonyl (C=O) groups is 3. The minimum atomic E-state index is -1.14. The Balaban J connectivity index is 1.43. The second-order valence-corrected chi connectivity index (χ2v) is 11.0. The fraction of sp³-hybridized carbons (Fsp3) is 0.200. The van der Waals surface area contributed by atoms with Crippen LogP contribution in [0.25, 0.3) is 21.3 Å². The van der Waals surface area contributed by atoms with Crippen LogP contribution < -0.4 is 19.5 Å². The maximum absolute atomic E-state index is 14.5. The number of ketones is 1. The summed E-state index contributed by atoms with van der Waals surface area (Å²) >= 11 is 1.22. The van der Waals surface area contributed by atoms with Crippen molar-refractivity contribution in [2.75, 3.05) is 21.3 Å². The minimum Gasteiger partial charge on any atom is -0.494 e. The largest absolute Gasteiger partial charge is 0.494 e. The van der Waals surface area contributed by atoms with Gasteiger partial charge in [0.05, 0.1) is 32.1 Å². The molecule has 1 amide bonds. The average molecular weight is 643 g/mol. The van der Waals surface area contributed by atoms with E-state index < -0.39 is 23.7 Å². The van der Waals surface area contributed by atoms with E-state index in [-0.39, 0.29) is 36.5 Å². The van der Waals surface area contributed by atoms with E-state index in [4.69, 9.17) is 18.9 Å². The van der Waals surface area contributed by atoms with E-state index in [0.29, 0.717) is 38.6 Å². The zero-order chi connectivity index (χ0) is 32.6. The van der Waals surface area contributed by atoms with Gasteiger partial charge < -0.3 is 24.3 Å². The zero-order valence-electron chi connectivity index (χ0n) is 25.4. The maximum atomic E-state index is 14.5. The summed E-state index contributed by atoms with van der Waals surface area (Å²) in [4.78, 5) is 44.7. The zero-order valence-corrected chi connectivity index (χ0v) is 26.2. The molecule has 0 aliphatic rings.